The van der Waals surface area contributed by atoms with Crippen molar-refractivity contribution in [1.29, 1.82) is 0 Å². The Labute approximate surface area is 166 Å². The van der Waals surface area contributed by atoms with E-state index in [-0.39, 0.29) is 17.6 Å². The summed E-state index contributed by atoms with van der Waals surface area (Å²) in [6, 6.07) is 13.2. The van der Waals surface area contributed by atoms with Crippen LogP contribution in [0.25, 0.3) is 6.08 Å². The third-order valence-electron chi connectivity index (χ3n) is 3.56. The number of aromatic nitrogens is 1. The minimum atomic E-state index is -0.354. The van der Waals surface area contributed by atoms with E-state index in [1.807, 2.05) is 54.4 Å². The molecule has 0 bridgehead atoms. The summed E-state index contributed by atoms with van der Waals surface area (Å²) in [7, 11) is 1.96. The first-order chi connectivity index (χ1) is 13.5. The molecule has 2 aromatic rings. The molecule has 0 aliphatic carbocycles. The van der Waals surface area contributed by atoms with Gasteiger partial charge >= 0.3 is 0 Å². The Hall–Kier alpha value is -3.33. The number of carbonyl (C=O) groups excluding carboxylic acids is 2. The van der Waals surface area contributed by atoms with E-state index in [2.05, 4.69) is 10.3 Å². The molecule has 1 aromatic carbocycles. The Balaban J connectivity index is 0.000000878. The van der Waals surface area contributed by atoms with Gasteiger partial charge in [0.15, 0.2) is 0 Å². The number of imide groups is 1. The first-order valence-corrected chi connectivity index (χ1v) is 9.03. The number of ether oxygens (including phenoxy) is 1. The third-order valence-corrected chi connectivity index (χ3v) is 4.37. The van der Waals surface area contributed by atoms with Crippen LogP contribution in [-0.4, -0.2) is 47.9 Å². The minimum Gasteiger partial charge on any atom is -0.492 e. The molecule has 3 rings (SSSR count). The van der Waals surface area contributed by atoms with Gasteiger partial charge in [0.1, 0.15) is 18.2 Å². The lowest BCUT2D eigenvalue weighted by molar-refractivity contribution is -0.123. The van der Waals surface area contributed by atoms with Crippen LogP contribution in [-0.2, 0) is 9.59 Å². The molecule has 1 aliphatic rings. The van der Waals surface area contributed by atoms with E-state index in [9.17, 15) is 9.59 Å². The second-order valence-corrected chi connectivity index (χ2v) is 6.50. The number of benzene rings is 1. The highest BCUT2D eigenvalue weighted by Gasteiger charge is 2.24. The summed E-state index contributed by atoms with van der Waals surface area (Å²) in [5.74, 6) is 1.29. The van der Waals surface area contributed by atoms with Crippen molar-refractivity contribution in [3.63, 3.8) is 0 Å². The van der Waals surface area contributed by atoms with E-state index in [1.54, 1.807) is 12.3 Å². The van der Waals surface area contributed by atoms with Crippen molar-refractivity contribution in [1.82, 2.24) is 10.3 Å². The van der Waals surface area contributed by atoms with E-state index in [1.165, 1.54) is 0 Å². The molecule has 1 fully saturated rings. The number of likely N-dealkylation sites (N-methyl/N-ethyl adjacent to an activating group) is 1. The monoisotopic (exact) mass is 401 g/mol. The highest BCUT2D eigenvalue weighted by Crippen LogP contribution is 2.26. The van der Waals surface area contributed by atoms with Gasteiger partial charge in [0.05, 0.1) is 11.4 Å². The van der Waals surface area contributed by atoms with Gasteiger partial charge < -0.3 is 14.7 Å². The Kier molecular flexibility index (Phi) is 8.04. The Bertz CT molecular complexity index is 840. The Morgan fingerprint density at radius 2 is 1.93 bits per heavy atom. The largest absolute Gasteiger partial charge is 0.492 e. The molecule has 28 heavy (non-hydrogen) atoms. The van der Waals surface area contributed by atoms with Crippen LogP contribution in [0.1, 0.15) is 5.56 Å². The first-order valence-electron chi connectivity index (χ1n) is 8.21. The number of anilines is 1. The normalized spacial score (nSPS) is 14.1. The van der Waals surface area contributed by atoms with Crippen molar-refractivity contribution < 1.29 is 24.2 Å². The lowest BCUT2D eigenvalue weighted by atomic mass is 10.2. The van der Waals surface area contributed by atoms with Crippen LogP contribution < -0.4 is 15.0 Å². The van der Waals surface area contributed by atoms with E-state index in [0.717, 1.165) is 28.9 Å². The molecule has 0 saturated carbocycles. The van der Waals surface area contributed by atoms with Crippen LogP contribution in [0, 0.1) is 0 Å². The first kappa shape index (κ1) is 21.0. The highest BCUT2D eigenvalue weighted by atomic mass is 32.2. The number of thioether (sulfide) groups is 1. The smallest absolute Gasteiger partial charge is 0.290 e. The molecule has 2 heterocycles. The van der Waals surface area contributed by atoms with Crippen molar-refractivity contribution >= 4 is 41.3 Å². The zero-order chi connectivity index (χ0) is 20.4. The fraction of sp³-hybridized carbons (Fsp3) is 0.158. The molecule has 9 heteroatoms. The molecule has 1 aromatic heterocycles. The summed E-state index contributed by atoms with van der Waals surface area (Å²) >= 11 is 0.907. The van der Waals surface area contributed by atoms with Crippen LogP contribution in [0.2, 0.25) is 0 Å². The summed E-state index contributed by atoms with van der Waals surface area (Å²) in [6.07, 6.45) is 3.44. The summed E-state index contributed by atoms with van der Waals surface area (Å²) in [6.45, 7) is 0.988. The number of nitrogens with zero attached hydrogens (tertiary/aromatic N) is 2. The number of rotatable bonds is 6. The molecule has 146 valence electrons. The second-order valence-electron chi connectivity index (χ2n) is 5.48. The van der Waals surface area contributed by atoms with E-state index in [4.69, 9.17) is 14.6 Å². The van der Waals surface area contributed by atoms with E-state index < -0.39 is 0 Å². The van der Waals surface area contributed by atoms with Gasteiger partial charge in [-0.1, -0.05) is 18.2 Å². The van der Waals surface area contributed by atoms with Crippen LogP contribution in [0.5, 0.6) is 5.75 Å². The number of carbonyl (C=O) groups is 3. The van der Waals surface area contributed by atoms with Gasteiger partial charge in [0.25, 0.3) is 17.6 Å². The SMILES string of the molecule is CN(CCOc1ccc(/C=C2/SC(=O)NC2=O)cc1)c1ccccn1.O=CO. The molecule has 8 nitrogen and oxygen atoms in total. The Morgan fingerprint density at radius 1 is 1.21 bits per heavy atom. The Morgan fingerprint density at radius 3 is 2.50 bits per heavy atom. The number of pyridine rings is 1. The van der Waals surface area contributed by atoms with Gasteiger partial charge in [-0.15, -0.1) is 0 Å². The van der Waals surface area contributed by atoms with Crippen molar-refractivity contribution in [3.05, 3.63) is 59.1 Å². The van der Waals surface area contributed by atoms with Crippen molar-refractivity contribution in [2.75, 3.05) is 25.1 Å². The van der Waals surface area contributed by atoms with Gasteiger partial charge in [0, 0.05) is 13.2 Å². The fourth-order valence-electron chi connectivity index (χ4n) is 2.23. The zero-order valence-corrected chi connectivity index (χ0v) is 15.9. The maximum Gasteiger partial charge on any atom is 0.290 e. The molecule has 0 radical (unpaired) electrons. The predicted molar refractivity (Wildman–Crippen MR) is 107 cm³/mol. The molecule has 1 saturated heterocycles. The van der Waals surface area contributed by atoms with E-state index >= 15 is 0 Å². The van der Waals surface area contributed by atoms with Crippen molar-refractivity contribution in [2.24, 2.45) is 0 Å². The number of hydrogen-bond acceptors (Lipinski definition) is 7. The summed E-state index contributed by atoms with van der Waals surface area (Å²) in [5, 5.41) is 8.78. The van der Waals surface area contributed by atoms with Crippen LogP contribution >= 0.6 is 11.8 Å². The minimum absolute atomic E-state index is 0.250. The average molecular weight is 401 g/mol. The quantitative estimate of drug-likeness (QED) is 0.562. The van der Waals surface area contributed by atoms with Crippen LogP contribution in [0.3, 0.4) is 0 Å². The topological polar surface area (TPSA) is 109 Å². The standard InChI is InChI=1S/C18H17N3O3S.CH2O2/c1-21(16-4-2-3-9-19-16)10-11-24-14-7-5-13(6-8-14)12-15-17(22)20-18(23)25-15;2-1-3/h2-9,12H,10-11H2,1H3,(H,20,22,23);1H,(H,2,3)/b15-12+;. The molecule has 1 aliphatic heterocycles. The van der Waals surface area contributed by atoms with Gasteiger partial charge in [-0.3, -0.25) is 19.7 Å². The van der Waals surface area contributed by atoms with Gasteiger partial charge in [0.2, 0.25) is 0 Å². The third kappa shape index (κ3) is 6.44. The van der Waals surface area contributed by atoms with Crippen LogP contribution in [0.15, 0.2) is 53.6 Å². The molecule has 2 amide bonds. The molecule has 0 unspecified atom stereocenters. The zero-order valence-electron chi connectivity index (χ0n) is 15.1. The predicted octanol–water partition coefficient (Wildman–Crippen LogP) is 2.62. The van der Waals surface area contributed by atoms with Gasteiger partial charge in [-0.05, 0) is 47.7 Å². The molecular weight excluding hydrogens is 382 g/mol. The number of hydrogen-bond donors (Lipinski definition) is 2. The molecular formula is C19H19N3O5S. The van der Waals surface area contributed by atoms with E-state index in [0.29, 0.717) is 18.1 Å². The molecule has 2 N–H and O–H groups in total. The maximum atomic E-state index is 11.5. The second kappa shape index (κ2) is 10.7. The number of amides is 2. The lowest BCUT2D eigenvalue weighted by Gasteiger charge is -2.18. The molecule has 0 spiro atoms. The maximum absolute atomic E-state index is 11.5. The molecule has 0 atom stereocenters. The summed E-state index contributed by atoms with van der Waals surface area (Å²) in [4.78, 5) is 37.7. The fourth-order valence-corrected chi connectivity index (χ4v) is 2.91. The van der Waals surface area contributed by atoms with Crippen molar-refractivity contribution in [3.8, 4) is 5.75 Å². The van der Waals surface area contributed by atoms with Gasteiger partial charge in [-0.2, -0.15) is 0 Å². The van der Waals surface area contributed by atoms with Gasteiger partial charge in [-0.25, -0.2) is 4.98 Å². The summed E-state index contributed by atoms with van der Waals surface area (Å²) < 4.78 is 5.73. The summed E-state index contributed by atoms with van der Waals surface area (Å²) in [5.41, 5.74) is 0.838. The van der Waals surface area contributed by atoms with Crippen molar-refractivity contribution in [2.45, 2.75) is 0 Å². The highest BCUT2D eigenvalue weighted by molar-refractivity contribution is 8.18. The van der Waals surface area contributed by atoms with Crippen LogP contribution in [0.4, 0.5) is 10.6 Å². The number of carboxylic acid groups (broad SMARTS) is 1. The number of nitrogens with one attached hydrogen (secondary N) is 1. The average Bonchev–Trinajstić information content (AvgIpc) is 3.01. The lowest BCUT2D eigenvalue weighted by Crippen LogP contribution is -2.24.